The number of carbonyl (C=O) groups is 2. The molecule has 0 saturated heterocycles. The van der Waals surface area contributed by atoms with Gasteiger partial charge in [0.1, 0.15) is 23.0 Å². The minimum absolute atomic E-state index is 0.222. The van der Waals surface area contributed by atoms with Crippen LogP contribution in [0.3, 0.4) is 0 Å². The summed E-state index contributed by atoms with van der Waals surface area (Å²) in [5, 5.41) is 0. The Morgan fingerprint density at radius 3 is 1.17 bits per heavy atom. The van der Waals surface area contributed by atoms with E-state index in [0.29, 0.717) is 23.0 Å². The second-order valence-corrected chi connectivity index (χ2v) is 38.7. The van der Waals surface area contributed by atoms with E-state index in [1.165, 1.54) is 44.2 Å². The second kappa shape index (κ2) is 24.5. The Morgan fingerprint density at radius 1 is 0.455 bits per heavy atom. The van der Waals surface area contributed by atoms with Gasteiger partial charge in [0.25, 0.3) is 0 Å². The highest BCUT2D eigenvalue weighted by molar-refractivity contribution is 6.85. The van der Waals surface area contributed by atoms with Crippen LogP contribution >= 0.6 is 0 Å². The van der Waals surface area contributed by atoms with E-state index in [1.54, 1.807) is 0 Å². The van der Waals surface area contributed by atoms with Crippen LogP contribution in [-0.2, 0) is 26.5 Å². The van der Waals surface area contributed by atoms with Crippen molar-refractivity contribution in [1.29, 1.82) is 0 Å². The van der Waals surface area contributed by atoms with Gasteiger partial charge < -0.3 is 27.2 Å². The van der Waals surface area contributed by atoms with Crippen molar-refractivity contribution in [3.8, 4) is 23.0 Å². The summed E-state index contributed by atoms with van der Waals surface area (Å²) in [5.74, 6) is 1.92. The minimum atomic E-state index is -1.82. The molecule has 1 saturated carbocycles. The van der Waals surface area contributed by atoms with E-state index in [-0.39, 0.29) is 5.41 Å². The van der Waals surface area contributed by atoms with Crippen LogP contribution in [0.5, 0.6) is 23.0 Å². The third-order valence-electron chi connectivity index (χ3n) is 13.1. The largest absolute Gasteiger partial charge is 0.519 e. The topological polar surface area (TPSA) is 89.5 Å². The number of hydrogen-bond acceptors (Lipinski definition) is 8. The van der Waals surface area contributed by atoms with Crippen LogP contribution < -0.4 is 18.9 Å². The predicted octanol–water partition coefficient (Wildman–Crippen LogP) is 16.4. The summed E-state index contributed by atoms with van der Waals surface area (Å²) < 4.78 is 36.7. The van der Waals surface area contributed by atoms with Gasteiger partial charge in [-0.15, -0.1) is 0 Å². The van der Waals surface area contributed by atoms with Crippen LogP contribution in [0.4, 0.5) is 9.59 Å². The van der Waals surface area contributed by atoms with Crippen LogP contribution in [-0.4, -0.2) is 45.6 Å². The monoisotopic (exact) mass is 968 g/mol. The molecule has 0 heterocycles. The molecule has 12 heteroatoms. The molecule has 0 atom stereocenters. The average Bonchev–Trinajstić information content (AvgIpc) is 3.26. The zero-order chi connectivity index (χ0) is 47.9. The van der Waals surface area contributed by atoms with Crippen molar-refractivity contribution in [2.75, 3.05) is 0 Å². The lowest BCUT2D eigenvalue weighted by atomic mass is 9.65. The fourth-order valence-corrected chi connectivity index (χ4v) is 28.0. The minimum Gasteiger partial charge on any atom is -0.455 e. The molecule has 0 N–H and O–H groups in total. The van der Waals surface area contributed by atoms with E-state index in [0.717, 1.165) is 85.7 Å². The van der Waals surface area contributed by atoms with Gasteiger partial charge in [0.15, 0.2) is 33.3 Å². The molecule has 66 heavy (non-hydrogen) atoms. The molecule has 5 rings (SSSR count). The first-order chi connectivity index (χ1) is 31.3. The molecule has 360 valence electrons. The standard InChI is InChI=1S/C54H80O8Si4/c1-11-13-40-63(3,4)61-65(7,8)42-22-26-44-24-16-18-28-50(44)59-52(55)57-48-34-30-46(31-35-48)54(38-20-15-21-39-54)47-32-36-49(37-33-47)58-53(56)60-51-29-19-17-25-45(51)27-23-43-66(9,10)62-64(5,6)41-14-12-2/h16-19,24-25,28-37H,11-15,20-23,26-27,38-43H2,1-10H3. The number of rotatable bonds is 24. The van der Waals surface area contributed by atoms with Crippen LogP contribution in [0, 0.1) is 0 Å². The van der Waals surface area contributed by atoms with Crippen LogP contribution in [0.15, 0.2) is 97.1 Å². The molecule has 0 amide bonds. The maximum Gasteiger partial charge on any atom is 0.519 e. The molecule has 0 aromatic heterocycles. The number of benzene rings is 4. The normalized spacial score (nSPS) is 14.4. The highest BCUT2D eigenvalue weighted by Crippen LogP contribution is 2.46. The van der Waals surface area contributed by atoms with Gasteiger partial charge in [0.2, 0.25) is 0 Å². The Balaban J connectivity index is 1.15. The molecule has 1 aliphatic rings. The molecule has 4 aromatic carbocycles. The Bertz CT molecular complexity index is 1980. The Labute approximate surface area is 402 Å². The van der Waals surface area contributed by atoms with Gasteiger partial charge in [-0.05, 0) is 174 Å². The fourth-order valence-electron chi connectivity index (χ4n) is 9.93. The molecule has 0 spiro atoms. The van der Waals surface area contributed by atoms with Crippen molar-refractivity contribution >= 4 is 45.6 Å². The maximum absolute atomic E-state index is 13.1. The number of aryl methyl sites for hydroxylation is 2. The molecule has 0 radical (unpaired) electrons. The molecule has 0 bridgehead atoms. The molecule has 0 aliphatic heterocycles. The van der Waals surface area contributed by atoms with Gasteiger partial charge in [-0.2, -0.15) is 0 Å². The summed E-state index contributed by atoms with van der Waals surface area (Å²) >= 11 is 0. The van der Waals surface area contributed by atoms with Gasteiger partial charge in [-0.1, -0.05) is 119 Å². The summed E-state index contributed by atoms with van der Waals surface area (Å²) in [6.45, 7) is 23.2. The first-order valence-corrected chi connectivity index (χ1v) is 37.4. The highest BCUT2D eigenvalue weighted by atomic mass is 28.4. The lowest BCUT2D eigenvalue weighted by Crippen LogP contribution is -2.44. The van der Waals surface area contributed by atoms with Gasteiger partial charge >= 0.3 is 12.3 Å². The predicted molar refractivity (Wildman–Crippen MR) is 281 cm³/mol. The van der Waals surface area contributed by atoms with Crippen molar-refractivity contribution in [3.63, 3.8) is 0 Å². The Morgan fingerprint density at radius 2 is 0.803 bits per heavy atom. The smallest absolute Gasteiger partial charge is 0.455 e. The quantitative estimate of drug-likeness (QED) is 0.0390. The zero-order valence-electron chi connectivity index (χ0n) is 42.0. The van der Waals surface area contributed by atoms with Crippen LogP contribution in [0.1, 0.15) is 107 Å². The SMILES string of the molecule is CCCC[Si](C)(C)O[Si](C)(C)CCCc1ccccc1OC(=O)Oc1ccc(C2(c3ccc(OC(=O)Oc4ccccc4CCC[Si](C)(C)O[Si](C)(C)CCCC)cc3)CCCCC2)cc1. The molecule has 4 aromatic rings. The van der Waals surface area contributed by atoms with Crippen molar-refractivity contribution in [2.24, 2.45) is 0 Å². The summed E-state index contributed by atoms with van der Waals surface area (Å²) in [5.41, 5.74) is 4.08. The van der Waals surface area contributed by atoms with E-state index in [9.17, 15) is 9.59 Å². The van der Waals surface area contributed by atoms with Crippen LogP contribution in [0.25, 0.3) is 0 Å². The molecule has 1 fully saturated rings. The summed E-state index contributed by atoms with van der Waals surface area (Å²) in [6.07, 6.45) is 12.3. The summed E-state index contributed by atoms with van der Waals surface area (Å²) in [7, 11) is -6.98. The number of unbranched alkanes of at least 4 members (excludes halogenated alkanes) is 2. The van der Waals surface area contributed by atoms with Gasteiger partial charge in [0, 0.05) is 5.41 Å². The first kappa shape index (κ1) is 53.2. The number of hydrogen-bond donors (Lipinski definition) is 0. The highest BCUT2D eigenvalue weighted by Gasteiger charge is 2.37. The van der Waals surface area contributed by atoms with Crippen LogP contribution in [0.2, 0.25) is 76.6 Å². The second-order valence-electron chi connectivity index (χ2n) is 21.0. The first-order valence-electron chi connectivity index (χ1n) is 24.9. The molecular weight excluding hydrogens is 889 g/mol. The third kappa shape index (κ3) is 16.8. The van der Waals surface area contributed by atoms with E-state index in [2.05, 4.69) is 90.5 Å². The number of para-hydroxylation sites is 2. The van der Waals surface area contributed by atoms with E-state index in [4.69, 9.17) is 27.2 Å². The molecule has 0 unspecified atom stereocenters. The summed E-state index contributed by atoms with van der Waals surface area (Å²) in [6, 6.07) is 35.7. The number of carbonyl (C=O) groups excluding carboxylic acids is 2. The van der Waals surface area contributed by atoms with E-state index < -0.39 is 45.6 Å². The average molecular weight is 970 g/mol. The van der Waals surface area contributed by atoms with Crippen molar-refractivity contribution in [2.45, 2.75) is 179 Å². The third-order valence-corrected chi connectivity index (χ3v) is 28.1. The van der Waals surface area contributed by atoms with Gasteiger partial charge in [-0.3, -0.25) is 0 Å². The zero-order valence-corrected chi connectivity index (χ0v) is 46.0. The number of ether oxygens (including phenoxy) is 4. The van der Waals surface area contributed by atoms with Crippen molar-refractivity contribution in [3.05, 3.63) is 119 Å². The van der Waals surface area contributed by atoms with Gasteiger partial charge in [-0.25, -0.2) is 9.59 Å². The fraction of sp³-hybridized carbons (Fsp3) is 0.519. The molecule has 8 nitrogen and oxygen atoms in total. The molecular formula is C54H80O8Si4. The van der Waals surface area contributed by atoms with Crippen molar-refractivity contribution in [1.82, 2.24) is 0 Å². The maximum atomic E-state index is 13.1. The lowest BCUT2D eigenvalue weighted by Gasteiger charge is -2.38. The van der Waals surface area contributed by atoms with Gasteiger partial charge in [0.05, 0.1) is 0 Å². The lowest BCUT2D eigenvalue weighted by molar-refractivity contribution is 0.150. The van der Waals surface area contributed by atoms with Crippen molar-refractivity contribution < 1.29 is 36.8 Å². The van der Waals surface area contributed by atoms with E-state index >= 15 is 0 Å². The van der Waals surface area contributed by atoms with E-state index in [1.807, 2.05) is 72.8 Å². The summed E-state index contributed by atoms with van der Waals surface area (Å²) in [4.78, 5) is 26.3. The Hall–Kier alpha value is -3.79. The molecule has 1 aliphatic carbocycles. The Kier molecular flexibility index (Phi) is 19.7.